The van der Waals surface area contributed by atoms with Gasteiger partial charge < -0.3 is 17.0 Å². The van der Waals surface area contributed by atoms with Crippen molar-refractivity contribution < 1.29 is 16.8 Å². The minimum atomic E-state index is 0. The van der Waals surface area contributed by atoms with Crippen molar-refractivity contribution in [1.82, 2.24) is 9.13 Å². The summed E-state index contributed by atoms with van der Waals surface area (Å²) >= 11 is 12.4. The van der Waals surface area contributed by atoms with Gasteiger partial charge in [-0.15, -0.1) is 0 Å². The van der Waals surface area contributed by atoms with Crippen LogP contribution in [0.15, 0.2) is 91.4 Å². The van der Waals surface area contributed by atoms with Gasteiger partial charge in [0.15, 0.2) is 5.69 Å². The van der Waals surface area contributed by atoms with Crippen LogP contribution in [0.25, 0.3) is 44.3 Å². The Morgan fingerprint density at radius 1 is 0.750 bits per heavy atom. The molecular weight excluding hydrogens is 461 g/mol. The highest BCUT2D eigenvalue weighted by molar-refractivity contribution is 6.31. The Morgan fingerprint density at radius 3 is 2.12 bits per heavy atom. The molecule has 0 saturated heterocycles. The van der Waals surface area contributed by atoms with Crippen LogP contribution in [0.4, 0.5) is 0 Å². The zero-order valence-corrected chi connectivity index (χ0v) is 19.4. The molecule has 0 amide bonds. The van der Waals surface area contributed by atoms with Crippen molar-refractivity contribution in [2.24, 2.45) is 7.05 Å². The molecule has 0 saturated carbocycles. The number of fused-ring (bicyclic) bond motifs is 5. The van der Waals surface area contributed by atoms with Gasteiger partial charge in [0, 0.05) is 38.9 Å². The summed E-state index contributed by atoms with van der Waals surface area (Å²) in [5, 5.41) is 3.93. The average Bonchev–Trinajstić information content (AvgIpc) is 3.31. The van der Waals surface area contributed by atoms with E-state index in [0.717, 1.165) is 32.5 Å². The number of aromatic nitrogens is 3. The van der Waals surface area contributed by atoms with E-state index < -0.39 is 0 Å². The highest BCUT2D eigenvalue weighted by Crippen LogP contribution is 2.35. The molecule has 0 fully saturated rings. The largest absolute Gasteiger partial charge is 1.00 e. The third kappa shape index (κ3) is 3.08. The normalized spacial score (nSPS) is 11.3. The first-order chi connectivity index (χ1) is 15.1. The molecule has 0 unspecified atom stereocenters. The number of benzene rings is 3. The summed E-state index contributed by atoms with van der Waals surface area (Å²) in [4.78, 5) is 0. The van der Waals surface area contributed by atoms with Gasteiger partial charge in [0.05, 0.1) is 6.20 Å². The Labute approximate surface area is 201 Å². The van der Waals surface area contributed by atoms with Gasteiger partial charge in [-0.3, -0.25) is 0 Å². The molecule has 3 heterocycles. The zero-order valence-electron chi connectivity index (χ0n) is 17.1. The van der Waals surface area contributed by atoms with E-state index in [1.54, 1.807) is 0 Å². The van der Waals surface area contributed by atoms with Crippen LogP contribution in [0, 0.1) is 0 Å². The molecule has 0 aliphatic rings. The van der Waals surface area contributed by atoms with E-state index in [1.807, 2.05) is 36.4 Å². The number of hydrogen-bond acceptors (Lipinski definition) is 0. The first-order valence-electron chi connectivity index (χ1n) is 10.1. The standard InChI is InChI=1S/C26H18Cl2N3.ClH/c1-29-23-5-3-2-4-21(23)22-14-15-30-16-31(20-12-10-19(28)11-13-20)24(26(30)25(22)29)17-6-8-18(27)9-7-17;/h2-16H,1H3;1H/q+1;/p-1. The molecule has 6 rings (SSSR count). The third-order valence-electron chi connectivity index (χ3n) is 5.96. The summed E-state index contributed by atoms with van der Waals surface area (Å²) < 4.78 is 6.69. The number of pyridine rings is 1. The molecule has 0 bridgehead atoms. The number of aryl methyl sites for hydroxylation is 1. The van der Waals surface area contributed by atoms with Gasteiger partial charge in [-0.25, -0.2) is 0 Å². The smallest absolute Gasteiger partial charge is 0.254 e. The fraction of sp³-hybridized carbons (Fsp3) is 0.0385. The van der Waals surface area contributed by atoms with Gasteiger partial charge in [0.1, 0.15) is 11.2 Å². The van der Waals surface area contributed by atoms with E-state index in [2.05, 4.69) is 75.6 Å². The molecule has 158 valence electrons. The maximum atomic E-state index is 6.21. The first-order valence-corrected chi connectivity index (χ1v) is 10.8. The Bertz CT molecular complexity index is 1590. The van der Waals surface area contributed by atoms with Gasteiger partial charge in [-0.05, 0) is 60.7 Å². The molecule has 3 aromatic heterocycles. The molecule has 0 N–H and O–H groups in total. The van der Waals surface area contributed by atoms with E-state index in [1.165, 1.54) is 21.8 Å². The number of rotatable bonds is 2. The summed E-state index contributed by atoms with van der Waals surface area (Å²) in [6.45, 7) is 0. The topological polar surface area (TPSA) is 14.0 Å². The summed E-state index contributed by atoms with van der Waals surface area (Å²) in [6.07, 6.45) is 4.26. The second-order valence-corrected chi connectivity index (χ2v) is 8.60. The molecule has 6 heteroatoms. The predicted molar refractivity (Wildman–Crippen MR) is 128 cm³/mol. The lowest BCUT2D eigenvalue weighted by atomic mass is 10.1. The van der Waals surface area contributed by atoms with Crippen molar-refractivity contribution in [3.63, 3.8) is 0 Å². The SMILES string of the molecule is Cn1c2ccccc2c2cc[n+]3cn(-c4ccc(Cl)cc4)c(-c4ccc(Cl)cc4)c3c21.[Cl-]. The van der Waals surface area contributed by atoms with Crippen molar-refractivity contribution in [2.75, 3.05) is 0 Å². The lowest BCUT2D eigenvalue weighted by Gasteiger charge is -2.04. The molecule has 3 aromatic carbocycles. The Kier molecular flexibility index (Phi) is 5.13. The zero-order chi connectivity index (χ0) is 21.1. The van der Waals surface area contributed by atoms with Crippen molar-refractivity contribution in [1.29, 1.82) is 0 Å². The third-order valence-corrected chi connectivity index (χ3v) is 6.46. The minimum absolute atomic E-state index is 0. The molecule has 0 atom stereocenters. The van der Waals surface area contributed by atoms with Gasteiger partial charge in [0.2, 0.25) is 5.52 Å². The van der Waals surface area contributed by atoms with Gasteiger partial charge in [-0.1, -0.05) is 41.4 Å². The monoisotopic (exact) mass is 477 g/mol. The van der Waals surface area contributed by atoms with Crippen molar-refractivity contribution >= 4 is 50.5 Å². The van der Waals surface area contributed by atoms with Crippen LogP contribution >= 0.6 is 23.2 Å². The number of imidazole rings is 1. The molecule has 0 spiro atoms. The molecule has 3 nitrogen and oxygen atoms in total. The fourth-order valence-corrected chi connectivity index (χ4v) is 4.79. The predicted octanol–water partition coefficient (Wildman–Crippen LogP) is 3.84. The molecule has 6 aromatic rings. The second-order valence-electron chi connectivity index (χ2n) is 7.73. The van der Waals surface area contributed by atoms with Crippen LogP contribution < -0.4 is 16.8 Å². The average molecular weight is 479 g/mol. The maximum absolute atomic E-state index is 6.21. The van der Waals surface area contributed by atoms with E-state index in [9.17, 15) is 0 Å². The van der Waals surface area contributed by atoms with E-state index in [-0.39, 0.29) is 12.4 Å². The summed E-state index contributed by atoms with van der Waals surface area (Å²) in [5.41, 5.74) is 6.81. The Balaban J connectivity index is 0.00000216. The number of halogens is 3. The van der Waals surface area contributed by atoms with Crippen molar-refractivity contribution in [3.05, 3.63) is 101 Å². The van der Waals surface area contributed by atoms with Crippen LogP contribution in [-0.2, 0) is 7.05 Å². The molecule has 32 heavy (non-hydrogen) atoms. The lowest BCUT2D eigenvalue weighted by Crippen LogP contribution is -3.00. The molecule has 0 aliphatic heterocycles. The Hall–Kier alpha value is -2.98. The van der Waals surface area contributed by atoms with Gasteiger partial charge in [0.25, 0.3) is 6.33 Å². The molecule has 0 radical (unpaired) electrons. The van der Waals surface area contributed by atoms with Crippen LogP contribution in [0.2, 0.25) is 10.0 Å². The van der Waals surface area contributed by atoms with Gasteiger partial charge >= 0.3 is 0 Å². The highest BCUT2D eigenvalue weighted by Gasteiger charge is 2.26. The van der Waals surface area contributed by atoms with Crippen LogP contribution in [-0.4, -0.2) is 9.13 Å². The first kappa shape index (κ1) is 20.9. The summed E-state index contributed by atoms with van der Waals surface area (Å²) in [6, 6.07) is 26.7. The number of hydrogen-bond donors (Lipinski definition) is 0. The van der Waals surface area contributed by atoms with E-state index in [0.29, 0.717) is 0 Å². The van der Waals surface area contributed by atoms with Crippen LogP contribution in [0.1, 0.15) is 0 Å². The van der Waals surface area contributed by atoms with E-state index >= 15 is 0 Å². The molecule has 0 aliphatic carbocycles. The Morgan fingerprint density at radius 2 is 1.41 bits per heavy atom. The molecular formula is C26H18Cl3N3. The quantitative estimate of drug-likeness (QED) is 0.336. The van der Waals surface area contributed by atoms with Gasteiger partial charge in [-0.2, -0.15) is 8.97 Å². The van der Waals surface area contributed by atoms with Crippen LogP contribution in [0.5, 0.6) is 0 Å². The van der Waals surface area contributed by atoms with Crippen LogP contribution in [0.3, 0.4) is 0 Å². The summed E-state index contributed by atoms with van der Waals surface area (Å²) in [7, 11) is 2.13. The van der Waals surface area contributed by atoms with E-state index in [4.69, 9.17) is 23.2 Å². The lowest BCUT2D eigenvalue weighted by molar-refractivity contribution is -0.510. The number of nitrogens with zero attached hydrogens (tertiary/aromatic N) is 3. The summed E-state index contributed by atoms with van der Waals surface area (Å²) in [5.74, 6) is 0. The minimum Gasteiger partial charge on any atom is -1.00 e. The van der Waals surface area contributed by atoms with Crippen molar-refractivity contribution in [2.45, 2.75) is 0 Å². The highest BCUT2D eigenvalue weighted by atomic mass is 35.5. The van der Waals surface area contributed by atoms with Crippen molar-refractivity contribution in [3.8, 4) is 16.9 Å². The second kappa shape index (κ2) is 7.86. The maximum Gasteiger partial charge on any atom is 0.254 e. The fourth-order valence-electron chi connectivity index (χ4n) is 4.54. The number of para-hydroxylation sites is 1.